The average Bonchev–Trinajstić information content (AvgIpc) is 2.51. The lowest BCUT2D eigenvalue weighted by Crippen LogP contribution is -2.52. The molecule has 0 N–H and O–H groups in total. The predicted molar refractivity (Wildman–Crippen MR) is 75.1 cm³/mol. The topological polar surface area (TPSA) is 78.7 Å². The van der Waals surface area contributed by atoms with Crippen LogP contribution in [-0.2, 0) is 9.53 Å². The summed E-state index contributed by atoms with van der Waals surface area (Å²) in [5.74, 6) is -4.84. The van der Waals surface area contributed by atoms with Crippen molar-refractivity contribution in [2.75, 3.05) is 6.61 Å². The van der Waals surface area contributed by atoms with Gasteiger partial charge in [-0.1, -0.05) is 18.2 Å². The van der Waals surface area contributed by atoms with Gasteiger partial charge in [0.25, 0.3) is 0 Å². The Labute approximate surface area is 130 Å². The molecule has 0 aliphatic heterocycles. The van der Waals surface area contributed by atoms with Crippen LogP contribution in [0.1, 0.15) is 6.92 Å². The van der Waals surface area contributed by atoms with E-state index in [4.69, 9.17) is 9.47 Å². The molecule has 122 valence electrons. The van der Waals surface area contributed by atoms with E-state index in [1.807, 2.05) is 0 Å². The Morgan fingerprint density at radius 1 is 1.35 bits per heavy atom. The quantitative estimate of drug-likeness (QED) is 0.360. The summed E-state index contributed by atoms with van der Waals surface area (Å²) in [6, 6.07) is 2.49. The summed E-state index contributed by atoms with van der Waals surface area (Å²) in [4.78, 5) is 22.8. The third-order valence-electron chi connectivity index (χ3n) is 3.19. The fraction of sp³-hybridized carbons (Fsp3) is 0.267. The van der Waals surface area contributed by atoms with Crippen molar-refractivity contribution in [2.45, 2.75) is 12.6 Å². The van der Waals surface area contributed by atoms with E-state index in [1.165, 1.54) is 18.2 Å². The number of benzene rings is 1. The number of hydrogen-bond donors (Lipinski definition) is 0. The van der Waals surface area contributed by atoms with E-state index in [9.17, 15) is 23.7 Å². The standard InChI is InChI=1S/C15H13F2NO5/c1-2-22-14(19)11-5-3-4-8-15(11,18(20)21)23-10-6-7-12(16)13(17)9-10/h3-9,11H,2H2,1H3. The second-order valence-electron chi connectivity index (χ2n) is 4.66. The van der Waals surface area contributed by atoms with Crippen LogP contribution in [0.15, 0.2) is 42.5 Å². The number of nitrogens with zero attached hydrogens (tertiary/aromatic N) is 1. The molecule has 2 rings (SSSR count). The smallest absolute Gasteiger partial charge is 0.400 e. The summed E-state index contributed by atoms with van der Waals surface area (Å²) in [7, 11) is 0. The Morgan fingerprint density at radius 2 is 2.09 bits per heavy atom. The molecule has 1 aliphatic carbocycles. The first kappa shape index (κ1) is 16.6. The van der Waals surface area contributed by atoms with E-state index >= 15 is 0 Å². The number of hydrogen-bond acceptors (Lipinski definition) is 5. The summed E-state index contributed by atoms with van der Waals surface area (Å²) in [5, 5.41) is 11.6. The van der Waals surface area contributed by atoms with Crippen molar-refractivity contribution in [3.63, 3.8) is 0 Å². The van der Waals surface area contributed by atoms with Crippen LogP contribution >= 0.6 is 0 Å². The minimum atomic E-state index is -2.30. The van der Waals surface area contributed by atoms with Gasteiger partial charge in [0.1, 0.15) is 5.75 Å². The van der Waals surface area contributed by atoms with E-state index in [1.54, 1.807) is 6.92 Å². The SMILES string of the molecule is CCOC(=O)C1C=CC=CC1(Oc1ccc(F)c(F)c1)[N+](=O)[O-]. The first-order valence-electron chi connectivity index (χ1n) is 6.72. The van der Waals surface area contributed by atoms with Crippen molar-refractivity contribution >= 4 is 5.97 Å². The van der Waals surface area contributed by atoms with Gasteiger partial charge in [0, 0.05) is 12.1 Å². The molecule has 1 aromatic carbocycles. The van der Waals surface area contributed by atoms with Crippen molar-refractivity contribution in [3.8, 4) is 5.75 Å². The van der Waals surface area contributed by atoms with Crippen molar-refractivity contribution in [2.24, 2.45) is 5.92 Å². The molecular weight excluding hydrogens is 312 g/mol. The number of halogens is 2. The van der Waals surface area contributed by atoms with Gasteiger partial charge in [-0.3, -0.25) is 14.9 Å². The zero-order valence-electron chi connectivity index (χ0n) is 12.1. The van der Waals surface area contributed by atoms with Crippen LogP contribution in [0.3, 0.4) is 0 Å². The van der Waals surface area contributed by atoms with Crippen molar-refractivity contribution < 1.29 is 28.0 Å². The van der Waals surface area contributed by atoms with Crippen molar-refractivity contribution in [1.29, 1.82) is 0 Å². The van der Waals surface area contributed by atoms with Gasteiger partial charge in [-0.2, -0.15) is 0 Å². The lowest BCUT2D eigenvalue weighted by atomic mass is 9.91. The molecule has 0 fully saturated rings. The molecule has 0 bridgehead atoms. The molecule has 1 aromatic rings. The molecule has 0 radical (unpaired) electrons. The van der Waals surface area contributed by atoms with Gasteiger partial charge in [0.2, 0.25) is 0 Å². The van der Waals surface area contributed by atoms with Gasteiger partial charge in [-0.05, 0) is 19.1 Å². The van der Waals surface area contributed by atoms with Gasteiger partial charge in [-0.25, -0.2) is 8.78 Å². The number of ether oxygens (including phenoxy) is 2. The molecule has 0 spiro atoms. The van der Waals surface area contributed by atoms with Gasteiger partial charge in [0.05, 0.1) is 11.5 Å². The number of rotatable bonds is 5. The predicted octanol–water partition coefficient (Wildman–Crippen LogP) is 2.62. The molecule has 2 unspecified atom stereocenters. The van der Waals surface area contributed by atoms with Crippen LogP contribution in [0.2, 0.25) is 0 Å². The summed E-state index contributed by atoms with van der Waals surface area (Å²) in [5.41, 5.74) is -2.30. The van der Waals surface area contributed by atoms with E-state index in [-0.39, 0.29) is 12.4 Å². The highest BCUT2D eigenvalue weighted by Gasteiger charge is 2.55. The first-order chi connectivity index (χ1) is 10.9. The largest absolute Gasteiger partial charge is 0.465 e. The third kappa shape index (κ3) is 3.20. The molecule has 0 saturated heterocycles. The molecule has 2 atom stereocenters. The lowest BCUT2D eigenvalue weighted by molar-refractivity contribution is -0.605. The summed E-state index contributed by atoms with van der Waals surface area (Å²) >= 11 is 0. The molecule has 6 nitrogen and oxygen atoms in total. The molecule has 23 heavy (non-hydrogen) atoms. The highest BCUT2D eigenvalue weighted by molar-refractivity contribution is 5.76. The molecule has 0 aromatic heterocycles. The summed E-state index contributed by atoms with van der Waals surface area (Å²) in [6.07, 6.45) is 5.10. The van der Waals surface area contributed by atoms with Crippen LogP contribution in [0.4, 0.5) is 8.78 Å². The monoisotopic (exact) mass is 325 g/mol. The van der Waals surface area contributed by atoms with Crippen molar-refractivity contribution in [3.05, 3.63) is 64.3 Å². The normalized spacial score (nSPS) is 22.7. The zero-order valence-corrected chi connectivity index (χ0v) is 12.1. The molecular formula is C15H13F2NO5. The Morgan fingerprint density at radius 3 is 2.70 bits per heavy atom. The van der Waals surface area contributed by atoms with Crippen molar-refractivity contribution in [1.82, 2.24) is 0 Å². The Balaban J connectivity index is 2.42. The van der Waals surface area contributed by atoms with E-state index in [0.717, 1.165) is 18.2 Å². The molecule has 0 heterocycles. The third-order valence-corrected chi connectivity index (χ3v) is 3.19. The van der Waals surface area contributed by atoms with Crippen LogP contribution in [0.5, 0.6) is 5.75 Å². The molecule has 1 aliphatic rings. The van der Waals surface area contributed by atoms with Gasteiger partial charge >= 0.3 is 11.7 Å². The maximum Gasteiger partial charge on any atom is 0.400 e. The Kier molecular flexibility index (Phi) is 4.73. The summed E-state index contributed by atoms with van der Waals surface area (Å²) < 4.78 is 36.4. The summed E-state index contributed by atoms with van der Waals surface area (Å²) in [6.45, 7) is 1.59. The average molecular weight is 325 g/mol. The fourth-order valence-corrected chi connectivity index (χ4v) is 2.13. The highest BCUT2D eigenvalue weighted by atomic mass is 19.2. The second-order valence-corrected chi connectivity index (χ2v) is 4.66. The number of carbonyl (C=O) groups excluding carboxylic acids is 1. The van der Waals surface area contributed by atoms with Gasteiger partial charge < -0.3 is 9.47 Å². The Bertz CT molecular complexity index is 688. The van der Waals surface area contributed by atoms with E-state index in [0.29, 0.717) is 6.07 Å². The maximum absolute atomic E-state index is 13.3. The van der Waals surface area contributed by atoms with Gasteiger partial charge in [0.15, 0.2) is 17.6 Å². The van der Waals surface area contributed by atoms with Crippen LogP contribution in [0, 0.1) is 27.7 Å². The fourth-order valence-electron chi connectivity index (χ4n) is 2.13. The number of nitro groups is 1. The molecule has 0 saturated carbocycles. The molecule has 0 amide bonds. The Hall–Kier alpha value is -2.77. The minimum absolute atomic E-state index is 0.0336. The van der Waals surface area contributed by atoms with E-state index < -0.39 is 34.2 Å². The number of esters is 1. The highest BCUT2D eigenvalue weighted by Crippen LogP contribution is 2.33. The van der Waals surface area contributed by atoms with Crippen LogP contribution in [0.25, 0.3) is 0 Å². The van der Waals surface area contributed by atoms with Gasteiger partial charge in [-0.15, -0.1) is 0 Å². The lowest BCUT2D eigenvalue weighted by Gasteiger charge is -2.29. The second kappa shape index (κ2) is 6.55. The first-order valence-corrected chi connectivity index (χ1v) is 6.72. The van der Waals surface area contributed by atoms with Crippen LogP contribution < -0.4 is 4.74 Å². The minimum Gasteiger partial charge on any atom is -0.465 e. The molecule has 8 heteroatoms. The number of carbonyl (C=O) groups is 1. The number of allylic oxidation sites excluding steroid dienone is 2. The zero-order chi connectivity index (χ0) is 17.0. The maximum atomic E-state index is 13.3. The van der Waals surface area contributed by atoms with E-state index in [2.05, 4.69) is 0 Å². The van der Waals surface area contributed by atoms with Crippen LogP contribution in [-0.4, -0.2) is 23.2 Å².